The Morgan fingerprint density at radius 1 is 1.24 bits per heavy atom. The number of nitrogens with zero attached hydrogens (tertiary/aromatic N) is 2. The highest BCUT2D eigenvalue weighted by molar-refractivity contribution is 5.90. The van der Waals surface area contributed by atoms with Crippen LogP contribution >= 0.6 is 0 Å². The number of furan rings is 1. The minimum Gasteiger partial charge on any atom is -0.472 e. The Morgan fingerprint density at radius 3 is 2.64 bits per heavy atom. The van der Waals surface area contributed by atoms with Gasteiger partial charge in [0.1, 0.15) is 6.04 Å². The fourth-order valence-corrected chi connectivity index (χ4v) is 3.24. The lowest BCUT2D eigenvalue weighted by Crippen LogP contribution is -2.46. The standard InChI is InChI=1S/C20H24N2O3/c1-3-21(12-17-10-11-25-14-17)20(24)18-8-9-19(23)22(18)13-16-6-4-15(2)5-7-16/h4-7,10-11,14,18H,3,8-9,12-13H2,1-2H3/t18-/m1/s1. The molecule has 0 radical (unpaired) electrons. The predicted octanol–water partition coefficient (Wildman–Crippen LogP) is 3.13. The lowest BCUT2D eigenvalue weighted by molar-refractivity contribution is -0.142. The van der Waals surface area contributed by atoms with E-state index in [0.29, 0.717) is 32.5 Å². The van der Waals surface area contributed by atoms with Crippen LogP contribution in [0.5, 0.6) is 0 Å². The van der Waals surface area contributed by atoms with Gasteiger partial charge in [-0.1, -0.05) is 29.8 Å². The zero-order chi connectivity index (χ0) is 17.8. The number of rotatable bonds is 6. The number of hydrogen-bond donors (Lipinski definition) is 0. The largest absolute Gasteiger partial charge is 0.472 e. The fourth-order valence-electron chi connectivity index (χ4n) is 3.24. The second-order valence-corrected chi connectivity index (χ2v) is 6.55. The van der Waals surface area contributed by atoms with Gasteiger partial charge in [0.05, 0.1) is 12.5 Å². The highest BCUT2D eigenvalue weighted by atomic mass is 16.3. The van der Waals surface area contributed by atoms with E-state index in [1.54, 1.807) is 22.3 Å². The van der Waals surface area contributed by atoms with Crippen LogP contribution in [0.25, 0.3) is 0 Å². The summed E-state index contributed by atoms with van der Waals surface area (Å²) in [5.74, 6) is 0.0694. The van der Waals surface area contributed by atoms with E-state index in [-0.39, 0.29) is 17.9 Å². The molecule has 0 aliphatic carbocycles. The molecule has 0 bridgehead atoms. The molecule has 1 aromatic heterocycles. The van der Waals surface area contributed by atoms with Crippen molar-refractivity contribution in [3.05, 3.63) is 59.5 Å². The average molecular weight is 340 g/mol. The summed E-state index contributed by atoms with van der Waals surface area (Å²) in [5, 5.41) is 0. The van der Waals surface area contributed by atoms with Crippen LogP contribution in [0.1, 0.15) is 36.5 Å². The number of aryl methyl sites for hydroxylation is 1. The van der Waals surface area contributed by atoms with Crippen molar-refractivity contribution in [1.82, 2.24) is 9.80 Å². The number of hydrogen-bond acceptors (Lipinski definition) is 3. The molecule has 0 saturated carbocycles. The van der Waals surface area contributed by atoms with Crippen LogP contribution in [0.15, 0.2) is 47.3 Å². The number of likely N-dealkylation sites (tertiary alicyclic amines) is 1. The molecule has 1 fully saturated rings. The molecular weight excluding hydrogens is 316 g/mol. The van der Waals surface area contributed by atoms with Gasteiger partial charge in [0.2, 0.25) is 11.8 Å². The van der Waals surface area contributed by atoms with Crippen molar-refractivity contribution in [2.75, 3.05) is 6.54 Å². The lowest BCUT2D eigenvalue weighted by atomic mass is 10.1. The van der Waals surface area contributed by atoms with Gasteiger partial charge < -0.3 is 14.2 Å². The van der Waals surface area contributed by atoms with Crippen LogP contribution in [0, 0.1) is 6.92 Å². The van der Waals surface area contributed by atoms with E-state index < -0.39 is 0 Å². The molecule has 2 amide bonds. The summed E-state index contributed by atoms with van der Waals surface area (Å²) in [6, 6.07) is 9.59. The first-order chi connectivity index (χ1) is 12.1. The van der Waals surface area contributed by atoms with Gasteiger partial charge in [-0.3, -0.25) is 9.59 Å². The molecule has 1 aliphatic rings. The lowest BCUT2D eigenvalue weighted by Gasteiger charge is -2.29. The van der Waals surface area contributed by atoms with Crippen LogP contribution in [-0.2, 0) is 22.7 Å². The van der Waals surface area contributed by atoms with Crippen LogP contribution in [0.2, 0.25) is 0 Å². The van der Waals surface area contributed by atoms with E-state index in [1.807, 2.05) is 44.2 Å². The summed E-state index contributed by atoms with van der Waals surface area (Å²) >= 11 is 0. The Bertz CT molecular complexity index is 722. The maximum atomic E-state index is 13.0. The molecule has 5 heteroatoms. The van der Waals surface area contributed by atoms with Gasteiger partial charge in [-0.2, -0.15) is 0 Å². The summed E-state index contributed by atoms with van der Waals surface area (Å²) in [4.78, 5) is 28.8. The monoisotopic (exact) mass is 340 g/mol. The summed E-state index contributed by atoms with van der Waals surface area (Å²) < 4.78 is 5.09. The normalized spacial score (nSPS) is 17.1. The Labute approximate surface area is 148 Å². The van der Waals surface area contributed by atoms with E-state index in [4.69, 9.17) is 4.42 Å². The van der Waals surface area contributed by atoms with Crippen LogP contribution in [-0.4, -0.2) is 34.2 Å². The molecule has 1 atom stereocenters. The van der Waals surface area contributed by atoms with Gasteiger partial charge in [0.25, 0.3) is 0 Å². The molecule has 1 aromatic carbocycles. The third-order valence-electron chi connectivity index (χ3n) is 4.73. The van der Waals surface area contributed by atoms with Gasteiger partial charge in [-0.05, 0) is 31.9 Å². The molecular formula is C20H24N2O3. The summed E-state index contributed by atoms with van der Waals surface area (Å²) in [6.07, 6.45) is 4.28. The molecule has 1 aliphatic heterocycles. The minimum atomic E-state index is -0.374. The van der Waals surface area contributed by atoms with Crippen molar-refractivity contribution >= 4 is 11.8 Å². The average Bonchev–Trinajstić information content (AvgIpc) is 3.25. The Kier molecular flexibility index (Phi) is 5.22. The smallest absolute Gasteiger partial charge is 0.245 e. The van der Waals surface area contributed by atoms with Gasteiger partial charge in [0, 0.05) is 31.6 Å². The molecule has 3 rings (SSSR count). The number of carbonyl (C=O) groups is 2. The van der Waals surface area contributed by atoms with E-state index in [0.717, 1.165) is 11.1 Å². The highest BCUT2D eigenvalue weighted by Gasteiger charge is 2.37. The van der Waals surface area contributed by atoms with Gasteiger partial charge in [-0.25, -0.2) is 0 Å². The van der Waals surface area contributed by atoms with E-state index in [2.05, 4.69) is 0 Å². The third-order valence-corrected chi connectivity index (χ3v) is 4.73. The van der Waals surface area contributed by atoms with E-state index in [1.165, 1.54) is 5.56 Å². The quantitative estimate of drug-likeness (QED) is 0.812. The molecule has 0 unspecified atom stereocenters. The topological polar surface area (TPSA) is 53.8 Å². The molecule has 2 aromatic rings. The third kappa shape index (κ3) is 3.92. The Hall–Kier alpha value is -2.56. The van der Waals surface area contributed by atoms with Crippen LogP contribution in [0.4, 0.5) is 0 Å². The number of amides is 2. The Morgan fingerprint density at radius 2 is 2.00 bits per heavy atom. The van der Waals surface area contributed by atoms with Crippen molar-refractivity contribution < 1.29 is 14.0 Å². The number of likely N-dealkylation sites (N-methyl/N-ethyl adjacent to an activating group) is 1. The summed E-state index contributed by atoms with van der Waals surface area (Å²) in [5.41, 5.74) is 3.20. The molecule has 25 heavy (non-hydrogen) atoms. The van der Waals surface area contributed by atoms with Crippen molar-refractivity contribution in [2.45, 2.75) is 45.8 Å². The number of carbonyl (C=O) groups excluding carboxylic acids is 2. The van der Waals surface area contributed by atoms with Crippen molar-refractivity contribution in [1.29, 1.82) is 0 Å². The molecule has 0 N–H and O–H groups in total. The fraction of sp³-hybridized carbons (Fsp3) is 0.400. The first-order valence-electron chi connectivity index (χ1n) is 8.73. The van der Waals surface area contributed by atoms with Gasteiger partial charge in [-0.15, -0.1) is 0 Å². The highest BCUT2D eigenvalue weighted by Crippen LogP contribution is 2.24. The van der Waals surface area contributed by atoms with E-state index in [9.17, 15) is 9.59 Å². The second kappa shape index (κ2) is 7.55. The van der Waals surface area contributed by atoms with Crippen LogP contribution in [0.3, 0.4) is 0 Å². The van der Waals surface area contributed by atoms with Crippen molar-refractivity contribution in [3.8, 4) is 0 Å². The molecule has 132 valence electrons. The van der Waals surface area contributed by atoms with Crippen molar-refractivity contribution in [3.63, 3.8) is 0 Å². The van der Waals surface area contributed by atoms with Crippen LogP contribution < -0.4 is 0 Å². The summed E-state index contributed by atoms with van der Waals surface area (Å²) in [7, 11) is 0. The first kappa shape index (κ1) is 17.3. The van der Waals surface area contributed by atoms with Gasteiger partial charge in [0.15, 0.2) is 0 Å². The summed E-state index contributed by atoms with van der Waals surface area (Å²) in [6.45, 7) is 5.59. The molecule has 2 heterocycles. The number of benzene rings is 1. The Balaban J connectivity index is 1.73. The zero-order valence-electron chi connectivity index (χ0n) is 14.8. The SMILES string of the molecule is CCN(Cc1ccoc1)C(=O)[C@H]1CCC(=O)N1Cc1ccc(C)cc1. The predicted molar refractivity (Wildman–Crippen MR) is 94.6 cm³/mol. The molecule has 1 saturated heterocycles. The second-order valence-electron chi connectivity index (χ2n) is 6.55. The van der Waals surface area contributed by atoms with Gasteiger partial charge >= 0.3 is 0 Å². The maximum absolute atomic E-state index is 13.0. The molecule has 5 nitrogen and oxygen atoms in total. The minimum absolute atomic E-state index is 0.0154. The molecule has 0 spiro atoms. The first-order valence-corrected chi connectivity index (χ1v) is 8.73. The van der Waals surface area contributed by atoms with Crippen molar-refractivity contribution in [2.24, 2.45) is 0 Å². The van der Waals surface area contributed by atoms with E-state index >= 15 is 0 Å². The maximum Gasteiger partial charge on any atom is 0.245 e. The zero-order valence-corrected chi connectivity index (χ0v) is 14.8.